The van der Waals surface area contributed by atoms with Crippen molar-refractivity contribution in [2.75, 3.05) is 5.32 Å². The maximum Gasteiger partial charge on any atom is 0.405 e. The number of anilines is 1. The molecule has 6 heteroatoms. The third kappa shape index (κ3) is 4.10. The molecule has 1 atom stereocenters. The van der Waals surface area contributed by atoms with Crippen molar-refractivity contribution in [3.63, 3.8) is 0 Å². The van der Waals surface area contributed by atoms with Crippen LogP contribution in [0.3, 0.4) is 0 Å². The fourth-order valence-electron chi connectivity index (χ4n) is 1.46. The van der Waals surface area contributed by atoms with Gasteiger partial charge < -0.3 is 15.7 Å². The molecule has 0 aromatic carbocycles. The average molecular weight is 237 g/mol. The molecule has 0 fully saturated rings. The SMILES string of the molecule is CC(=O)Nc1cc(C(C)NC(=O)O)cc(C)n1. The molecule has 0 aliphatic rings. The standard InChI is InChI=1S/C11H15N3O3/c1-6-4-9(7(2)13-11(16)17)5-10(12-6)14-8(3)15/h4-5,7,13H,1-3H3,(H,16,17)(H,12,14,15). The van der Waals surface area contributed by atoms with Gasteiger partial charge in [0.2, 0.25) is 5.91 Å². The minimum absolute atomic E-state index is 0.215. The first-order valence-corrected chi connectivity index (χ1v) is 5.14. The fraction of sp³-hybridized carbons (Fsp3) is 0.364. The number of nitrogens with zero attached hydrogens (tertiary/aromatic N) is 1. The van der Waals surface area contributed by atoms with Gasteiger partial charge in [0.05, 0.1) is 6.04 Å². The summed E-state index contributed by atoms with van der Waals surface area (Å²) in [6.45, 7) is 4.89. The van der Waals surface area contributed by atoms with E-state index in [-0.39, 0.29) is 11.9 Å². The van der Waals surface area contributed by atoms with Crippen molar-refractivity contribution in [2.45, 2.75) is 26.8 Å². The molecule has 0 aliphatic carbocycles. The first-order chi connectivity index (χ1) is 7.88. The summed E-state index contributed by atoms with van der Waals surface area (Å²) in [6, 6.07) is 3.06. The second-order valence-electron chi connectivity index (χ2n) is 3.78. The summed E-state index contributed by atoms with van der Waals surface area (Å²) in [4.78, 5) is 25.6. The number of carboxylic acid groups (broad SMARTS) is 1. The van der Waals surface area contributed by atoms with Gasteiger partial charge in [0.1, 0.15) is 5.82 Å². The number of aromatic nitrogens is 1. The van der Waals surface area contributed by atoms with E-state index < -0.39 is 6.09 Å². The van der Waals surface area contributed by atoms with Crippen molar-refractivity contribution < 1.29 is 14.7 Å². The Morgan fingerprint density at radius 2 is 2.06 bits per heavy atom. The third-order valence-electron chi connectivity index (χ3n) is 2.12. The van der Waals surface area contributed by atoms with Crippen LogP contribution in [0.1, 0.15) is 31.1 Å². The predicted molar refractivity (Wildman–Crippen MR) is 62.9 cm³/mol. The number of pyridine rings is 1. The van der Waals surface area contributed by atoms with Gasteiger partial charge in [-0.15, -0.1) is 0 Å². The van der Waals surface area contributed by atoms with Crippen LogP contribution >= 0.6 is 0 Å². The maximum absolute atomic E-state index is 10.9. The van der Waals surface area contributed by atoms with Gasteiger partial charge in [0, 0.05) is 12.6 Å². The molecule has 0 bridgehead atoms. The normalized spacial score (nSPS) is 11.7. The van der Waals surface area contributed by atoms with E-state index in [1.807, 2.05) is 0 Å². The van der Waals surface area contributed by atoms with E-state index in [0.717, 1.165) is 5.56 Å². The number of nitrogens with one attached hydrogen (secondary N) is 2. The number of carbonyl (C=O) groups excluding carboxylic acids is 1. The minimum atomic E-state index is -1.09. The summed E-state index contributed by atoms with van der Waals surface area (Å²) < 4.78 is 0. The summed E-state index contributed by atoms with van der Waals surface area (Å²) in [6.07, 6.45) is -1.09. The summed E-state index contributed by atoms with van der Waals surface area (Å²) in [5.74, 6) is 0.208. The van der Waals surface area contributed by atoms with E-state index in [9.17, 15) is 9.59 Å². The molecule has 0 spiro atoms. The zero-order chi connectivity index (χ0) is 13.0. The Hall–Kier alpha value is -2.11. The fourth-order valence-corrected chi connectivity index (χ4v) is 1.46. The first-order valence-electron chi connectivity index (χ1n) is 5.14. The average Bonchev–Trinajstić information content (AvgIpc) is 2.14. The smallest absolute Gasteiger partial charge is 0.405 e. The maximum atomic E-state index is 10.9. The largest absolute Gasteiger partial charge is 0.465 e. The molecular weight excluding hydrogens is 222 g/mol. The number of rotatable bonds is 3. The highest BCUT2D eigenvalue weighted by Gasteiger charge is 2.10. The van der Waals surface area contributed by atoms with Crippen molar-refractivity contribution in [3.05, 3.63) is 23.4 Å². The molecule has 1 heterocycles. The van der Waals surface area contributed by atoms with Gasteiger partial charge >= 0.3 is 6.09 Å². The van der Waals surface area contributed by atoms with Gasteiger partial charge in [-0.25, -0.2) is 9.78 Å². The number of aryl methyl sites for hydroxylation is 1. The Morgan fingerprint density at radius 3 is 2.59 bits per heavy atom. The van der Waals surface area contributed by atoms with Crippen LogP contribution in [0.4, 0.5) is 10.6 Å². The zero-order valence-electron chi connectivity index (χ0n) is 9.94. The van der Waals surface area contributed by atoms with Gasteiger partial charge in [0.25, 0.3) is 0 Å². The summed E-state index contributed by atoms with van der Waals surface area (Å²) in [5.41, 5.74) is 1.47. The Bertz CT molecular complexity index is 446. The molecule has 6 nitrogen and oxygen atoms in total. The first kappa shape index (κ1) is 13.0. The minimum Gasteiger partial charge on any atom is -0.465 e. The summed E-state index contributed by atoms with van der Waals surface area (Å²) in [5, 5.41) is 13.5. The van der Waals surface area contributed by atoms with Crippen molar-refractivity contribution >= 4 is 17.8 Å². The quantitative estimate of drug-likeness (QED) is 0.745. The Kier molecular flexibility index (Phi) is 4.03. The lowest BCUT2D eigenvalue weighted by Gasteiger charge is -2.13. The number of amides is 2. The molecule has 1 aromatic heterocycles. The summed E-state index contributed by atoms with van der Waals surface area (Å²) >= 11 is 0. The van der Waals surface area contributed by atoms with E-state index in [1.54, 1.807) is 26.0 Å². The lowest BCUT2D eigenvalue weighted by Crippen LogP contribution is -2.24. The highest BCUT2D eigenvalue weighted by atomic mass is 16.4. The monoisotopic (exact) mass is 237 g/mol. The lowest BCUT2D eigenvalue weighted by molar-refractivity contribution is -0.114. The molecular formula is C11H15N3O3. The molecule has 0 radical (unpaired) electrons. The van der Waals surface area contributed by atoms with Crippen molar-refractivity contribution in [2.24, 2.45) is 0 Å². The number of hydrogen-bond donors (Lipinski definition) is 3. The zero-order valence-corrected chi connectivity index (χ0v) is 9.94. The lowest BCUT2D eigenvalue weighted by atomic mass is 10.1. The number of carbonyl (C=O) groups is 2. The van der Waals surface area contributed by atoms with E-state index in [0.29, 0.717) is 11.5 Å². The molecule has 0 aliphatic heterocycles. The van der Waals surface area contributed by atoms with Crippen molar-refractivity contribution in [1.82, 2.24) is 10.3 Å². The van der Waals surface area contributed by atoms with E-state index in [4.69, 9.17) is 5.11 Å². The molecule has 2 amide bonds. The highest BCUT2D eigenvalue weighted by molar-refractivity contribution is 5.87. The van der Waals surface area contributed by atoms with Crippen molar-refractivity contribution in [3.8, 4) is 0 Å². The van der Waals surface area contributed by atoms with Crippen LogP contribution in [0, 0.1) is 6.92 Å². The van der Waals surface area contributed by atoms with Gasteiger partial charge in [0.15, 0.2) is 0 Å². The van der Waals surface area contributed by atoms with Gasteiger partial charge in [-0.1, -0.05) is 0 Å². The molecule has 92 valence electrons. The van der Waals surface area contributed by atoms with Crippen LogP contribution in [0.2, 0.25) is 0 Å². The second kappa shape index (κ2) is 5.29. The third-order valence-corrected chi connectivity index (χ3v) is 2.12. The Balaban J connectivity index is 2.95. The second-order valence-corrected chi connectivity index (χ2v) is 3.78. The van der Waals surface area contributed by atoms with Gasteiger partial charge in [-0.2, -0.15) is 0 Å². The van der Waals surface area contributed by atoms with Crippen LogP contribution in [0.25, 0.3) is 0 Å². The predicted octanol–water partition coefficient (Wildman–Crippen LogP) is 1.68. The van der Waals surface area contributed by atoms with Gasteiger partial charge in [-0.3, -0.25) is 4.79 Å². The molecule has 0 saturated carbocycles. The highest BCUT2D eigenvalue weighted by Crippen LogP contribution is 2.17. The number of hydrogen-bond acceptors (Lipinski definition) is 3. The Labute approximate surface area is 99.1 Å². The van der Waals surface area contributed by atoms with Crippen LogP contribution in [0.5, 0.6) is 0 Å². The van der Waals surface area contributed by atoms with E-state index >= 15 is 0 Å². The van der Waals surface area contributed by atoms with Crippen LogP contribution < -0.4 is 10.6 Å². The topological polar surface area (TPSA) is 91.3 Å². The summed E-state index contributed by atoms with van der Waals surface area (Å²) in [7, 11) is 0. The molecule has 1 unspecified atom stereocenters. The molecule has 1 rings (SSSR count). The van der Waals surface area contributed by atoms with E-state index in [1.165, 1.54) is 6.92 Å². The molecule has 3 N–H and O–H groups in total. The van der Waals surface area contributed by atoms with Gasteiger partial charge in [-0.05, 0) is 31.5 Å². The Morgan fingerprint density at radius 1 is 1.41 bits per heavy atom. The van der Waals surface area contributed by atoms with Crippen LogP contribution in [-0.2, 0) is 4.79 Å². The van der Waals surface area contributed by atoms with Crippen molar-refractivity contribution in [1.29, 1.82) is 0 Å². The van der Waals surface area contributed by atoms with E-state index in [2.05, 4.69) is 15.6 Å². The molecule has 0 saturated heterocycles. The molecule has 1 aromatic rings. The molecule has 17 heavy (non-hydrogen) atoms. The van der Waals surface area contributed by atoms with Crippen LogP contribution in [-0.4, -0.2) is 22.1 Å². The van der Waals surface area contributed by atoms with Crippen LogP contribution in [0.15, 0.2) is 12.1 Å².